The molecule has 0 radical (unpaired) electrons. The minimum absolute atomic E-state index is 0.473. The number of hydrogen-bond donors (Lipinski definition) is 1. The average molecular weight is 456 g/mol. The number of rotatable bonds is 5. The fraction of sp³-hybridized carbons (Fsp3) is 0.474. The normalized spacial score (nSPS) is 17.0. The number of methoxy groups -OCH3 is 1. The zero-order chi connectivity index (χ0) is 17.1. The molecule has 1 N–H and O–H groups in total. The molecule has 1 aromatic heterocycles. The van der Waals surface area contributed by atoms with Crippen molar-refractivity contribution in [1.29, 1.82) is 0 Å². The predicted octanol–water partition coefficient (Wildman–Crippen LogP) is 6.15. The average Bonchev–Trinajstić information content (AvgIpc) is 3.05. The highest BCUT2D eigenvalue weighted by Crippen LogP contribution is 2.39. The molecule has 130 valence electrons. The number of benzene rings is 1. The first-order valence-electron chi connectivity index (χ1n) is 8.60. The van der Waals surface area contributed by atoms with E-state index in [0.717, 1.165) is 32.4 Å². The van der Waals surface area contributed by atoms with Gasteiger partial charge in [-0.15, -0.1) is 0 Å². The third-order valence-corrected chi connectivity index (χ3v) is 5.84. The fourth-order valence-electron chi connectivity index (χ4n) is 3.64. The minimum Gasteiger partial charge on any atom is -0.495 e. The van der Waals surface area contributed by atoms with E-state index in [1.54, 1.807) is 7.11 Å². The number of hydrogen-bond acceptors (Lipinski definition) is 2. The third kappa shape index (κ3) is 3.73. The van der Waals surface area contributed by atoms with Gasteiger partial charge in [-0.25, -0.2) is 0 Å². The summed E-state index contributed by atoms with van der Waals surface area (Å²) in [6.07, 6.45) is 5.12. The van der Waals surface area contributed by atoms with Gasteiger partial charge in [-0.05, 0) is 72.5 Å². The molecule has 2 heterocycles. The van der Waals surface area contributed by atoms with E-state index in [9.17, 15) is 0 Å². The zero-order valence-corrected chi connectivity index (χ0v) is 17.4. The van der Waals surface area contributed by atoms with Crippen molar-refractivity contribution < 1.29 is 4.74 Å². The van der Waals surface area contributed by atoms with Crippen LogP contribution < -0.4 is 4.74 Å². The van der Waals surface area contributed by atoms with E-state index >= 15 is 0 Å². The molecule has 1 aliphatic heterocycles. The smallest absolute Gasteiger partial charge is 0.142 e. The molecule has 1 fully saturated rings. The van der Waals surface area contributed by atoms with Gasteiger partial charge in [-0.1, -0.05) is 29.3 Å². The van der Waals surface area contributed by atoms with Crippen LogP contribution in [0, 0.1) is 0 Å². The summed E-state index contributed by atoms with van der Waals surface area (Å²) >= 11 is 7.17. The van der Waals surface area contributed by atoms with E-state index < -0.39 is 0 Å². The standard InChI is InChI=1S/C19H24Br2N2O/c1-3-18(23-9-5-4-6-10-23)17-8-7-16(22-17)14-11-13(20)12-15(21)19(14)24-2/h7-8,11-12,18,22H,3-6,9-10H2,1-2H3. The lowest BCUT2D eigenvalue weighted by molar-refractivity contribution is 0.157. The molecule has 1 unspecified atom stereocenters. The van der Waals surface area contributed by atoms with E-state index in [-0.39, 0.29) is 0 Å². The van der Waals surface area contributed by atoms with Crippen LogP contribution in [0.4, 0.5) is 0 Å². The maximum atomic E-state index is 5.60. The minimum atomic E-state index is 0.473. The van der Waals surface area contributed by atoms with Gasteiger partial charge in [0.2, 0.25) is 0 Å². The SMILES string of the molecule is CCC(c1ccc(-c2cc(Br)cc(Br)c2OC)[nH]1)N1CCCCC1. The summed E-state index contributed by atoms with van der Waals surface area (Å²) in [6, 6.07) is 8.97. The Bertz CT molecular complexity index is 693. The third-order valence-electron chi connectivity index (χ3n) is 4.79. The first-order chi connectivity index (χ1) is 11.6. The largest absolute Gasteiger partial charge is 0.495 e. The molecule has 0 saturated carbocycles. The van der Waals surface area contributed by atoms with Crippen LogP contribution in [-0.4, -0.2) is 30.1 Å². The lowest BCUT2D eigenvalue weighted by atomic mass is 10.0. The van der Waals surface area contributed by atoms with E-state index in [4.69, 9.17) is 4.74 Å². The molecule has 24 heavy (non-hydrogen) atoms. The lowest BCUT2D eigenvalue weighted by Gasteiger charge is -2.33. The number of likely N-dealkylation sites (tertiary alicyclic amines) is 1. The molecule has 0 bridgehead atoms. The summed E-state index contributed by atoms with van der Waals surface area (Å²) in [5, 5.41) is 0. The van der Waals surface area contributed by atoms with Crippen LogP contribution in [-0.2, 0) is 0 Å². The Morgan fingerprint density at radius 3 is 2.58 bits per heavy atom. The van der Waals surface area contributed by atoms with Crippen molar-refractivity contribution in [3.63, 3.8) is 0 Å². The number of piperidine rings is 1. The molecule has 5 heteroatoms. The van der Waals surface area contributed by atoms with Gasteiger partial charge < -0.3 is 9.72 Å². The van der Waals surface area contributed by atoms with Gasteiger partial charge in [0.05, 0.1) is 11.6 Å². The molecule has 1 aromatic carbocycles. The van der Waals surface area contributed by atoms with Crippen LogP contribution in [0.15, 0.2) is 33.2 Å². The molecule has 1 aliphatic rings. The molecule has 1 saturated heterocycles. The lowest BCUT2D eigenvalue weighted by Crippen LogP contribution is -2.33. The molecule has 0 aliphatic carbocycles. The second-order valence-electron chi connectivity index (χ2n) is 6.32. The molecular weight excluding hydrogens is 432 g/mol. The summed E-state index contributed by atoms with van der Waals surface area (Å²) in [4.78, 5) is 6.26. The maximum Gasteiger partial charge on any atom is 0.142 e. The van der Waals surface area contributed by atoms with E-state index in [1.807, 2.05) is 6.07 Å². The Kier molecular flexibility index (Phi) is 6.06. The number of ether oxygens (including phenoxy) is 1. The number of aromatic amines is 1. The molecule has 3 nitrogen and oxygen atoms in total. The summed E-state index contributed by atoms with van der Waals surface area (Å²) in [5.41, 5.74) is 3.46. The van der Waals surface area contributed by atoms with Crippen LogP contribution in [0.1, 0.15) is 44.3 Å². The maximum absolute atomic E-state index is 5.60. The monoisotopic (exact) mass is 454 g/mol. The number of halogens is 2. The van der Waals surface area contributed by atoms with E-state index in [0.29, 0.717) is 6.04 Å². The quantitative estimate of drug-likeness (QED) is 0.585. The summed E-state index contributed by atoms with van der Waals surface area (Å²) in [7, 11) is 1.71. The van der Waals surface area contributed by atoms with Gasteiger partial charge in [0.1, 0.15) is 5.75 Å². The van der Waals surface area contributed by atoms with Crippen LogP contribution in [0.5, 0.6) is 5.75 Å². The van der Waals surface area contributed by atoms with Gasteiger partial charge in [0, 0.05) is 27.5 Å². The molecule has 0 amide bonds. The second kappa shape index (κ2) is 8.07. The highest BCUT2D eigenvalue weighted by atomic mass is 79.9. The molecule has 1 atom stereocenters. The second-order valence-corrected chi connectivity index (χ2v) is 8.09. The Hall–Kier alpha value is -0.780. The summed E-state index contributed by atoms with van der Waals surface area (Å²) in [6.45, 7) is 4.69. The van der Waals surface area contributed by atoms with Crippen molar-refractivity contribution in [3.8, 4) is 17.0 Å². The predicted molar refractivity (Wildman–Crippen MR) is 107 cm³/mol. The van der Waals surface area contributed by atoms with Gasteiger partial charge in [-0.2, -0.15) is 0 Å². The molecule has 0 spiro atoms. The van der Waals surface area contributed by atoms with Gasteiger partial charge in [0.25, 0.3) is 0 Å². The van der Waals surface area contributed by atoms with Crippen molar-refractivity contribution in [2.24, 2.45) is 0 Å². The van der Waals surface area contributed by atoms with Crippen LogP contribution >= 0.6 is 31.9 Å². The number of nitrogens with one attached hydrogen (secondary N) is 1. The molecule has 2 aromatic rings. The Morgan fingerprint density at radius 1 is 1.17 bits per heavy atom. The Morgan fingerprint density at radius 2 is 1.92 bits per heavy atom. The highest BCUT2D eigenvalue weighted by molar-refractivity contribution is 9.11. The van der Waals surface area contributed by atoms with Gasteiger partial charge in [-0.3, -0.25) is 4.90 Å². The highest BCUT2D eigenvalue weighted by Gasteiger charge is 2.22. The topological polar surface area (TPSA) is 28.3 Å². The van der Waals surface area contributed by atoms with Crippen molar-refractivity contribution in [2.45, 2.75) is 38.6 Å². The van der Waals surface area contributed by atoms with Crippen LogP contribution in [0.2, 0.25) is 0 Å². The number of nitrogens with zero attached hydrogens (tertiary/aromatic N) is 1. The first-order valence-corrected chi connectivity index (χ1v) is 10.2. The summed E-state index contributed by atoms with van der Waals surface area (Å²) < 4.78 is 7.58. The number of aromatic nitrogens is 1. The van der Waals surface area contributed by atoms with E-state index in [1.165, 1.54) is 38.0 Å². The van der Waals surface area contributed by atoms with Crippen molar-refractivity contribution >= 4 is 31.9 Å². The van der Waals surface area contributed by atoms with Crippen LogP contribution in [0.3, 0.4) is 0 Å². The van der Waals surface area contributed by atoms with Crippen molar-refractivity contribution in [3.05, 3.63) is 38.9 Å². The van der Waals surface area contributed by atoms with Crippen LogP contribution in [0.25, 0.3) is 11.3 Å². The fourth-order valence-corrected chi connectivity index (χ4v) is 5.02. The van der Waals surface area contributed by atoms with Gasteiger partial charge in [0.15, 0.2) is 0 Å². The first kappa shape index (κ1) is 18.0. The van der Waals surface area contributed by atoms with Gasteiger partial charge >= 0.3 is 0 Å². The van der Waals surface area contributed by atoms with Crippen molar-refractivity contribution in [1.82, 2.24) is 9.88 Å². The summed E-state index contributed by atoms with van der Waals surface area (Å²) in [5.74, 6) is 0.859. The molecule has 3 rings (SSSR count). The number of H-pyrrole nitrogens is 1. The Labute approximate surface area is 161 Å². The zero-order valence-electron chi connectivity index (χ0n) is 14.2. The Balaban J connectivity index is 1.92. The molecular formula is C19H24Br2N2O. The van der Waals surface area contributed by atoms with E-state index in [2.05, 4.69) is 66.9 Å². The van der Waals surface area contributed by atoms with Crippen molar-refractivity contribution in [2.75, 3.05) is 20.2 Å².